The molecular formula is C21H24N4O3S2. The summed E-state index contributed by atoms with van der Waals surface area (Å²) < 4.78 is 26.9. The number of rotatable bonds is 6. The van der Waals surface area contributed by atoms with Crippen molar-refractivity contribution in [1.29, 1.82) is 0 Å². The van der Waals surface area contributed by atoms with Crippen molar-refractivity contribution in [3.8, 4) is 0 Å². The van der Waals surface area contributed by atoms with E-state index in [1.54, 1.807) is 23.9 Å². The molecule has 0 aliphatic carbocycles. The van der Waals surface area contributed by atoms with Crippen molar-refractivity contribution in [2.24, 2.45) is 0 Å². The number of amides is 1. The molecule has 2 aromatic heterocycles. The van der Waals surface area contributed by atoms with E-state index in [-0.39, 0.29) is 11.9 Å². The van der Waals surface area contributed by atoms with Crippen molar-refractivity contribution in [2.75, 3.05) is 19.3 Å². The van der Waals surface area contributed by atoms with Crippen molar-refractivity contribution in [3.05, 3.63) is 66.1 Å². The predicted octanol–water partition coefficient (Wildman–Crippen LogP) is 2.78. The zero-order valence-corrected chi connectivity index (χ0v) is 18.3. The van der Waals surface area contributed by atoms with Crippen LogP contribution in [0.4, 0.5) is 0 Å². The summed E-state index contributed by atoms with van der Waals surface area (Å²) >= 11 is 1.67. The number of imidazole rings is 1. The van der Waals surface area contributed by atoms with Gasteiger partial charge in [0.05, 0.1) is 11.9 Å². The van der Waals surface area contributed by atoms with Gasteiger partial charge in [-0.05, 0) is 49.2 Å². The number of nitrogens with one attached hydrogen (secondary N) is 1. The minimum atomic E-state index is -3.23. The second-order valence-corrected chi connectivity index (χ2v) is 10.5. The number of hydrogen-bond acceptors (Lipinski definition) is 5. The number of carbonyl (C=O) groups is 1. The minimum Gasteiger partial charge on any atom is -0.348 e. The third-order valence-electron chi connectivity index (χ3n) is 5.11. The molecule has 1 saturated heterocycles. The summed E-state index contributed by atoms with van der Waals surface area (Å²) in [6, 6.07) is 13.2. The summed E-state index contributed by atoms with van der Waals surface area (Å²) in [6.07, 6.45) is 6.74. The van der Waals surface area contributed by atoms with Gasteiger partial charge in [0.25, 0.3) is 5.91 Å². The van der Waals surface area contributed by atoms with Crippen LogP contribution in [0.1, 0.15) is 28.9 Å². The van der Waals surface area contributed by atoms with Gasteiger partial charge in [0.15, 0.2) is 0 Å². The van der Waals surface area contributed by atoms with Crippen molar-refractivity contribution < 1.29 is 13.2 Å². The van der Waals surface area contributed by atoms with Crippen molar-refractivity contribution in [1.82, 2.24) is 19.0 Å². The van der Waals surface area contributed by atoms with Gasteiger partial charge in [0.2, 0.25) is 10.0 Å². The highest BCUT2D eigenvalue weighted by Crippen LogP contribution is 2.23. The van der Waals surface area contributed by atoms with Crippen LogP contribution in [-0.4, -0.2) is 53.4 Å². The van der Waals surface area contributed by atoms with E-state index >= 15 is 0 Å². The largest absolute Gasteiger partial charge is 0.348 e. The molecule has 1 aliphatic heterocycles. The topological polar surface area (TPSA) is 83.8 Å². The van der Waals surface area contributed by atoms with Gasteiger partial charge < -0.3 is 9.72 Å². The first kappa shape index (κ1) is 20.9. The van der Waals surface area contributed by atoms with E-state index in [4.69, 9.17) is 0 Å². The van der Waals surface area contributed by atoms with E-state index in [1.165, 1.54) is 10.6 Å². The van der Waals surface area contributed by atoms with E-state index in [0.29, 0.717) is 18.7 Å². The highest BCUT2D eigenvalue weighted by molar-refractivity contribution is 7.98. The Labute approximate surface area is 180 Å². The van der Waals surface area contributed by atoms with E-state index in [9.17, 15) is 13.2 Å². The Morgan fingerprint density at radius 1 is 1.23 bits per heavy atom. The monoisotopic (exact) mass is 444 g/mol. The Hall–Kier alpha value is -2.36. The Bertz CT molecular complexity index is 1110. The van der Waals surface area contributed by atoms with Crippen LogP contribution in [0, 0.1) is 0 Å². The number of pyridine rings is 1. The summed E-state index contributed by atoms with van der Waals surface area (Å²) in [7, 11) is -3.23. The van der Waals surface area contributed by atoms with Crippen LogP contribution in [0.3, 0.4) is 0 Å². The summed E-state index contributed by atoms with van der Waals surface area (Å²) in [5.74, 6) is 0.573. The van der Waals surface area contributed by atoms with Crippen molar-refractivity contribution in [3.63, 3.8) is 0 Å². The smallest absolute Gasteiger partial charge is 0.251 e. The fourth-order valence-corrected chi connectivity index (χ4v) is 5.24. The fourth-order valence-electron chi connectivity index (χ4n) is 3.55. The van der Waals surface area contributed by atoms with Gasteiger partial charge in [-0.15, -0.1) is 11.8 Å². The zero-order chi connectivity index (χ0) is 21.1. The second kappa shape index (κ2) is 8.79. The van der Waals surface area contributed by atoms with E-state index in [0.717, 1.165) is 34.8 Å². The maximum absolute atomic E-state index is 12.6. The first-order chi connectivity index (χ1) is 14.4. The van der Waals surface area contributed by atoms with Crippen LogP contribution in [-0.2, 0) is 15.8 Å². The number of aromatic nitrogens is 2. The van der Waals surface area contributed by atoms with Crippen LogP contribution in [0.5, 0.6) is 0 Å². The molecule has 30 heavy (non-hydrogen) atoms. The van der Waals surface area contributed by atoms with E-state index in [1.807, 2.05) is 47.1 Å². The van der Waals surface area contributed by atoms with Gasteiger partial charge in [0.1, 0.15) is 5.65 Å². The molecule has 1 N–H and O–H groups in total. The van der Waals surface area contributed by atoms with Crippen LogP contribution < -0.4 is 5.32 Å². The molecule has 4 rings (SSSR count). The van der Waals surface area contributed by atoms with Gasteiger partial charge in [-0.25, -0.2) is 17.7 Å². The molecule has 3 heterocycles. The SMILES string of the molecule is CS(=O)(=O)N1CCCC(NC(=O)c2ccc(SCc3cn4ccccc4n3)cc2)C1. The summed E-state index contributed by atoms with van der Waals surface area (Å²) in [5.41, 5.74) is 2.50. The lowest BCUT2D eigenvalue weighted by Gasteiger charge is -2.31. The third-order valence-corrected chi connectivity index (χ3v) is 7.42. The molecule has 0 saturated carbocycles. The number of piperidine rings is 1. The standard InChI is InChI=1S/C21H24N4O3S2/c1-30(27,28)25-12-4-5-17(14-25)23-21(26)16-7-9-19(10-8-16)29-15-18-13-24-11-3-2-6-20(24)22-18/h2-3,6-11,13,17H,4-5,12,14-15H2,1H3,(H,23,26). The molecular weight excluding hydrogens is 420 g/mol. The van der Waals surface area contributed by atoms with Crippen LogP contribution in [0.15, 0.2) is 59.8 Å². The molecule has 3 aromatic rings. The van der Waals surface area contributed by atoms with Gasteiger partial charge in [-0.3, -0.25) is 4.79 Å². The quantitative estimate of drug-likeness (QED) is 0.591. The average Bonchev–Trinajstić information content (AvgIpc) is 3.15. The molecule has 1 atom stereocenters. The molecule has 1 aliphatic rings. The van der Waals surface area contributed by atoms with Gasteiger partial charge in [-0.1, -0.05) is 6.07 Å². The lowest BCUT2D eigenvalue weighted by atomic mass is 10.1. The first-order valence-electron chi connectivity index (χ1n) is 9.80. The maximum Gasteiger partial charge on any atom is 0.251 e. The summed E-state index contributed by atoms with van der Waals surface area (Å²) in [5, 5.41) is 2.96. The number of nitrogens with zero attached hydrogens (tertiary/aromatic N) is 3. The van der Waals surface area contributed by atoms with Gasteiger partial charge >= 0.3 is 0 Å². The highest BCUT2D eigenvalue weighted by atomic mass is 32.2. The van der Waals surface area contributed by atoms with Crippen molar-refractivity contribution >= 4 is 33.3 Å². The number of sulfonamides is 1. The van der Waals surface area contributed by atoms with E-state index < -0.39 is 10.0 Å². The number of thioether (sulfide) groups is 1. The lowest BCUT2D eigenvalue weighted by molar-refractivity contribution is 0.0921. The molecule has 0 radical (unpaired) electrons. The predicted molar refractivity (Wildman–Crippen MR) is 118 cm³/mol. The minimum absolute atomic E-state index is 0.162. The number of benzene rings is 1. The first-order valence-corrected chi connectivity index (χ1v) is 12.6. The highest BCUT2D eigenvalue weighted by Gasteiger charge is 2.27. The number of carbonyl (C=O) groups excluding carboxylic acids is 1. The van der Waals surface area contributed by atoms with Gasteiger partial charge in [-0.2, -0.15) is 0 Å². The Morgan fingerprint density at radius 3 is 2.77 bits per heavy atom. The molecule has 1 aromatic carbocycles. The normalized spacial score (nSPS) is 17.8. The molecule has 0 bridgehead atoms. The number of hydrogen-bond donors (Lipinski definition) is 1. The van der Waals surface area contributed by atoms with E-state index in [2.05, 4.69) is 10.3 Å². The van der Waals surface area contributed by atoms with Gasteiger partial charge in [0, 0.05) is 47.7 Å². The lowest BCUT2D eigenvalue weighted by Crippen LogP contribution is -2.49. The average molecular weight is 445 g/mol. The third kappa shape index (κ3) is 5.03. The number of fused-ring (bicyclic) bond motifs is 1. The molecule has 1 fully saturated rings. The summed E-state index contributed by atoms with van der Waals surface area (Å²) in [6.45, 7) is 0.848. The molecule has 0 spiro atoms. The molecule has 9 heteroatoms. The second-order valence-electron chi connectivity index (χ2n) is 7.45. The van der Waals surface area contributed by atoms with Crippen LogP contribution >= 0.6 is 11.8 Å². The van der Waals surface area contributed by atoms with Crippen molar-refractivity contribution in [2.45, 2.75) is 29.5 Å². The molecule has 7 nitrogen and oxygen atoms in total. The van der Waals surface area contributed by atoms with Crippen LogP contribution in [0.2, 0.25) is 0 Å². The summed E-state index contributed by atoms with van der Waals surface area (Å²) in [4.78, 5) is 18.2. The Balaban J connectivity index is 1.33. The molecule has 1 unspecified atom stereocenters. The molecule has 1 amide bonds. The maximum atomic E-state index is 12.6. The molecule has 158 valence electrons. The fraction of sp³-hybridized carbons (Fsp3) is 0.333. The zero-order valence-electron chi connectivity index (χ0n) is 16.7. The van der Waals surface area contributed by atoms with Crippen LogP contribution in [0.25, 0.3) is 5.65 Å². The Morgan fingerprint density at radius 2 is 2.03 bits per heavy atom. The Kier molecular flexibility index (Phi) is 6.12.